The number of methoxy groups -OCH3 is 3. The summed E-state index contributed by atoms with van der Waals surface area (Å²) in [4.78, 5) is 17.4. The first-order valence-electron chi connectivity index (χ1n) is 8.25. The summed E-state index contributed by atoms with van der Waals surface area (Å²) in [6.45, 7) is 1.39. The minimum absolute atomic E-state index is 0.173. The average Bonchev–Trinajstić information content (AvgIpc) is 2.64. The topological polar surface area (TPSA) is 72.4 Å². The van der Waals surface area contributed by atoms with Gasteiger partial charge in [0.25, 0.3) is 0 Å². The Balaban J connectivity index is 2.53. The molecule has 7 nitrogen and oxygen atoms in total. The fourth-order valence-electron chi connectivity index (χ4n) is 2.39. The van der Waals surface area contributed by atoms with E-state index in [1.165, 1.54) is 7.11 Å². The highest BCUT2D eigenvalue weighted by atomic mass is 16.5. The number of hydrogen-bond acceptors (Lipinski definition) is 5. The summed E-state index contributed by atoms with van der Waals surface area (Å²) in [7, 11) is 8.40. The van der Waals surface area contributed by atoms with E-state index in [9.17, 15) is 4.79 Å². The van der Waals surface area contributed by atoms with Gasteiger partial charge >= 0.3 is 5.97 Å². The van der Waals surface area contributed by atoms with Crippen LogP contribution in [0.15, 0.2) is 23.2 Å². The third-order valence-electron chi connectivity index (χ3n) is 3.79. The van der Waals surface area contributed by atoms with Gasteiger partial charge in [-0.2, -0.15) is 0 Å². The summed E-state index contributed by atoms with van der Waals surface area (Å²) in [6.07, 6.45) is 2.09. The second-order valence-electron chi connectivity index (χ2n) is 5.54. The van der Waals surface area contributed by atoms with Crippen LogP contribution in [0.25, 0.3) is 0 Å². The van der Waals surface area contributed by atoms with Crippen LogP contribution >= 0.6 is 0 Å². The van der Waals surface area contributed by atoms with Crippen LogP contribution in [0.3, 0.4) is 0 Å². The fraction of sp³-hybridized carbons (Fsp3) is 0.556. The number of benzene rings is 1. The molecule has 1 aromatic carbocycles. The zero-order valence-electron chi connectivity index (χ0n) is 15.8. The second-order valence-corrected chi connectivity index (χ2v) is 5.54. The summed E-state index contributed by atoms with van der Waals surface area (Å²) >= 11 is 0. The lowest BCUT2D eigenvalue weighted by molar-refractivity contribution is -0.140. The average molecular weight is 351 g/mol. The molecule has 25 heavy (non-hydrogen) atoms. The van der Waals surface area contributed by atoms with E-state index < -0.39 is 0 Å². The maximum atomic E-state index is 11.1. The van der Waals surface area contributed by atoms with Crippen LogP contribution in [0.4, 0.5) is 0 Å². The molecule has 0 saturated heterocycles. The summed E-state index contributed by atoms with van der Waals surface area (Å²) in [5.41, 5.74) is 1.04. The SMILES string of the molecule is CN=C(NCCCCC(=O)OC)N(C)Cc1ccc(OC)cc1OC. The molecular weight excluding hydrogens is 322 g/mol. The van der Waals surface area contributed by atoms with Gasteiger partial charge in [0.05, 0.1) is 21.3 Å². The lowest BCUT2D eigenvalue weighted by atomic mass is 10.2. The standard InChI is InChI=1S/C18H29N3O4/c1-19-18(20-11-7-6-8-17(22)25-5)21(2)13-14-9-10-15(23-3)12-16(14)24-4/h9-10,12H,6-8,11,13H2,1-5H3,(H,19,20). The second kappa shape index (κ2) is 11.2. The maximum absolute atomic E-state index is 11.1. The van der Waals surface area contributed by atoms with Crippen LogP contribution in [0.2, 0.25) is 0 Å². The molecule has 0 amide bonds. The van der Waals surface area contributed by atoms with E-state index >= 15 is 0 Å². The zero-order chi connectivity index (χ0) is 18.7. The number of esters is 1. The Kier molecular flexibility index (Phi) is 9.21. The van der Waals surface area contributed by atoms with Gasteiger partial charge in [0.1, 0.15) is 11.5 Å². The summed E-state index contributed by atoms with van der Waals surface area (Å²) < 4.78 is 15.3. The molecular formula is C18H29N3O4. The first kappa shape index (κ1) is 20.6. The van der Waals surface area contributed by atoms with Gasteiger partial charge in [0.2, 0.25) is 0 Å². The maximum Gasteiger partial charge on any atom is 0.305 e. The van der Waals surface area contributed by atoms with Crippen LogP contribution in [-0.4, -0.2) is 58.8 Å². The lowest BCUT2D eigenvalue weighted by Crippen LogP contribution is -2.39. The van der Waals surface area contributed by atoms with Crippen molar-refractivity contribution in [3.63, 3.8) is 0 Å². The van der Waals surface area contributed by atoms with Crippen LogP contribution in [-0.2, 0) is 16.1 Å². The van der Waals surface area contributed by atoms with Gasteiger partial charge in [0, 0.05) is 45.2 Å². The number of nitrogens with zero attached hydrogens (tertiary/aromatic N) is 2. The van der Waals surface area contributed by atoms with Crippen molar-refractivity contribution in [2.24, 2.45) is 4.99 Å². The molecule has 0 spiro atoms. The molecule has 0 fully saturated rings. The van der Waals surface area contributed by atoms with Crippen LogP contribution in [0.1, 0.15) is 24.8 Å². The smallest absolute Gasteiger partial charge is 0.305 e. The first-order chi connectivity index (χ1) is 12.0. The van der Waals surface area contributed by atoms with Gasteiger partial charge in [-0.25, -0.2) is 0 Å². The quantitative estimate of drug-likeness (QED) is 0.318. The number of guanidine groups is 1. The number of nitrogens with one attached hydrogen (secondary N) is 1. The Morgan fingerprint density at radius 3 is 2.56 bits per heavy atom. The summed E-state index contributed by atoms with van der Waals surface area (Å²) in [6, 6.07) is 5.76. The minimum Gasteiger partial charge on any atom is -0.497 e. The number of carbonyl (C=O) groups excluding carboxylic acids is 1. The third-order valence-corrected chi connectivity index (χ3v) is 3.79. The molecule has 1 aromatic rings. The molecule has 0 aliphatic heterocycles. The Labute approximate surface area is 150 Å². The van der Waals surface area contributed by atoms with E-state index in [-0.39, 0.29) is 5.97 Å². The Morgan fingerprint density at radius 2 is 1.96 bits per heavy atom. The van der Waals surface area contributed by atoms with Gasteiger partial charge in [-0.1, -0.05) is 0 Å². The highest BCUT2D eigenvalue weighted by molar-refractivity contribution is 5.79. The van der Waals surface area contributed by atoms with Crippen molar-refractivity contribution >= 4 is 11.9 Å². The number of carbonyl (C=O) groups is 1. The van der Waals surface area contributed by atoms with Crippen molar-refractivity contribution in [3.8, 4) is 11.5 Å². The Bertz CT molecular complexity index is 575. The molecule has 0 unspecified atom stereocenters. The number of aliphatic imine (C=N–C) groups is 1. The Hall–Kier alpha value is -2.44. The van der Waals surface area contributed by atoms with E-state index in [1.807, 2.05) is 30.1 Å². The van der Waals surface area contributed by atoms with Crippen molar-refractivity contribution in [1.29, 1.82) is 0 Å². The predicted molar refractivity (Wildman–Crippen MR) is 98.2 cm³/mol. The van der Waals surface area contributed by atoms with Gasteiger partial charge in [-0.05, 0) is 25.0 Å². The van der Waals surface area contributed by atoms with E-state index in [0.29, 0.717) is 13.0 Å². The number of rotatable bonds is 9. The van der Waals surface area contributed by atoms with Crippen LogP contribution in [0, 0.1) is 0 Å². The lowest BCUT2D eigenvalue weighted by Gasteiger charge is -2.23. The molecule has 0 saturated carbocycles. The molecule has 0 aliphatic carbocycles. The molecule has 0 heterocycles. The van der Waals surface area contributed by atoms with E-state index in [4.69, 9.17) is 9.47 Å². The number of unbranched alkanes of at least 4 members (excludes halogenated alkanes) is 1. The van der Waals surface area contributed by atoms with Crippen molar-refractivity contribution in [2.75, 3.05) is 42.0 Å². The van der Waals surface area contributed by atoms with Crippen molar-refractivity contribution in [1.82, 2.24) is 10.2 Å². The van der Waals surface area contributed by atoms with E-state index in [0.717, 1.165) is 42.4 Å². The third kappa shape index (κ3) is 6.91. The van der Waals surface area contributed by atoms with E-state index in [2.05, 4.69) is 15.0 Å². The fourth-order valence-corrected chi connectivity index (χ4v) is 2.39. The molecule has 7 heteroatoms. The minimum atomic E-state index is -0.173. The van der Waals surface area contributed by atoms with Gasteiger partial charge in [0.15, 0.2) is 5.96 Å². The molecule has 0 aromatic heterocycles. The van der Waals surface area contributed by atoms with Crippen molar-refractivity contribution < 1.29 is 19.0 Å². The van der Waals surface area contributed by atoms with Crippen LogP contribution < -0.4 is 14.8 Å². The molecule has 0 atom stereocenters. The molecule has 1 N–H and O–H groups in total. The summed E-state index contributed by atoms with van der Waals surface area (Å²) in [5.74, 6) is 2.15. The van der Waals surface area contributed by atoms with Crippen LogP contribution in [0.5, 0.6) is 11.5 Å². The normalized spacial score (nSPS) is 11.0. The zero-order valence-corrected chi connectivity index (χ0v) is 15.8. The van der Waals surface area contributed by atoms with Crippen molar-refractivity contribution in [3.05, 3.63) is 23.8 Å². The number of hydrogen-bond donors (Lipinski definition) is 1. The molecule has 140 valence electrons. The largest absolute Gasteiger partial charge is 0.497 e. The van der Waals surface area contributed by atoms with Gasteiger partial charge in [-0.3, -0.25) is 9.79 Å². The molecule has 0 radical (unpaired) electrons. The van der Waals surface area contributed by atoms with Crippen molar-refractivity contribution in [2.45, 2.75) is 25.8 Å². The summed E-state index contributed by atoms with van der Waals surface area (Å²) in [5, 5.41) is 3.30. The predicted octanol–water partition coefficient (Wildman–Crippen LogP) is 2.05. The highest BCUT2D eigenvalue weighted by Crippen LogP contribution is 2.25. The number of ether oxygens (including phenoxy) is 3. The van der Waals surface area contributed by atoms with Gasteiger partial charge in [-0.15, -0.1) is 0 Å². The first-order valence-corrected chi connectivity index (χ1v) is 8.25. The van der Waals surface area contributed by atoms with Gasteiger partial charge < -0.3 is 24.4 Å². The Morgan fingerprint density at radius 1 is 1.20 bits per heavy atom. The molecule has 1 rings (SSSR count). The molecule has 0 bridgehead atoms. The van der Waals surface area contributed by atoms with E-state index in [1.54, 1.807) is 21.3 Å². The highest BCUT2D eigenvalue weighted by Gasteiger charge is 2.11. The monoisotopic (exact) mass is 351 g/mol. The molecule has 0 aliphatic rings.